The molecule has 1 spiro atoms. The Hall–Kier alpha value is -2.29. The van der Waals surface area contributed by atoms with Gasteiger partial charge in [0.25, 0.3) is 5.91 Å². The zero-order chi connectivity index (χ0) is 26.0. The third-order valence-corrected chi connectivity index (χ3v) is 9.99. The van der Waals surface area contributed by atoms with Gasteiger partial charge in [-0.2, -0.15) is 0 Å². The van der Waals surface area contributed by atoms with Gasteiger partial charge in [-0.3, -0.25) is 14.4 Å². The van der Waals surface area contributed by atoms with Crippen molar-refractivity contribution in [3.63, 3.8) is 0 Å². The Labute approximate surface area is 221 Å². The molecule has 6 atom stereocenters. The molecule has 1 N–H and O–H groups in total. The van der Waals surface area contributed by atoms with Crippen LogP contribution >= 0.6 is 23.4 Å². The van der Waals surface area contributed by atoms with Crippen LogP contribution in [0, 0.1) is 17.8 Å². The molecule has 3 fully saturated rings. The highest BCUT2D eigenvalue weighted by molar-refractivity contribution is 8.02. The van der Waals surface area contributed by atoms with Crippen molar-refractivity contribution in [3.05, 3.63) is 54.6 Å². The van der Waals surface area contributed by atoms with Gasteiger partial charge in [0.1, 0.15) is 6.04 Å². The smallest absolute Gasteiger partial charge is 0.310 e. The molecule has 4 rings (SSSR count). The van der Waals surface area contributed by atoms with Crippen LogP contribution in [-0.4, -0.2) is 70.1 Å². The number of aliphatic hydroxyl groups excluding tert-OH is 1. The van der Waals surface area contributed by atoms with Crippen molar-refractivity contribution in [3.8, 4) is 0 Å². The molecule has 0 aliphatic carbocycles. The molecule has 7 nitrogen and oxygen atoms in total. The number of anilines is 1. The molecule has 0 aromatic heterocycles. The van der Waals surface area contributed by atoms with Gasteiger partial charge in [0, 0.05) is 24.9 Å². The number of ether oxygens (including phenoxy) is 1. The van der Waals surface area contributed by atoms with Gasteiger partial charge in [-0.25, -0.2) is 0 Å². The number of esters is 1. The van der Waals surface area contributed by atoms with E-state index in [1.807, 2.05) is 6.07 Å². The first-order valence-electron chi connectivity index (χ1n) is 12.4. The normalized spacial score (nSPS) is 30.2. The lowest BCUT2D eigenvalue weighted by Crippen LogP contribution is -2.57. The Kier molecular flexibility index (Phi) is 8.17. The number of para-hydroxylation sites is 1. The van der Waals surface area contributed by atoms with Crippen molar-refractivity contribution >= 4 is 46.8 Å². The summed E-state index contributed by atoms with van der Waals surface area (Å²) in [6.07, 6.45) is 4.91. The molecule has 3 heterocycles. The number of carbonyl (C=O) groups is 3. The monoisotopic (exact) mass is 532 g/mol. The molecule has 9 heteroatoms. The minimum absolute atomic E-state index is 0.0311. The van der Waals surface area contributed by atoms with E-state index in [2.05, 4.69) is 20.1 Å². The summed E-state index contributed by atoms with van der Waals surface area (Å²) in [5, 5.41) is 9.87. The van der Waals surface area contributed by atoms with Crippen LogP contribution in [0.3, 0.4) is 0 Å². The lowest BCUT2D eigenvalue weighted by atomic mass is 9.66. The predicted molar refractivity (Wildman–Crippen MR) is 142 cm³/mol. The van der Waals surface area contributed by atoms with Gasteiger partial charge in [0.2, 0.25) is 5.91 Å². The molecular formula is C27H33ClN2O5S. The van der Waals surface area contributed by atoms with Crippen molar-refractivity contribution in [2.45, 2.75) is 42.2 Å². The first-order chi connectivity index (χ1) is 17.3. The highest BCUT2D eigenvalue weighted by atomic mass is 35.5. The van der Waals surface area contributed by atoms with E-state index in [1.54, 1.807) is 51.9 Å². The number of nitrogens with zero attached hydrogens (tertiary/aromatic N) is 2. The first kappa shape index (κ1) is 26.8. The van der Waals surface area contributed by atoms with E-state index >= 15 is 0 Å². The number of hydrogen-bond donors (Lipinski definition) is 1. The maximum absolute atomic E-state index is 14.4. The van der Waals surface area contributed by atoms with Crippen LogP contribution in [0.1, 0.15) is 26.2 Å². The van der Waals surface area contributed by atoms with Crippen LogP contribution in [0.2, 0.25) is 5.02 Å². The molecular weight excluding hydrogens is 500 g/mol. The fraction of sp³-hybridized carbons (Fsp3) is 0.519. The number of rotatable bonds is 11. The van der Waals surface area contributed by atoms with Crippen LogP contribution in [0.25, 0.3) is 0 Å². The summed E-state index contributed by atoms with van der Waals surface area (Å²) >= 11 is 8.07. The van der Waals surface area contributed by atoms with Gasteiger partial charge < -0.3 is 19.6 Å². The molecule has 0 radical (unpaired) electrons. The summed E-state index contributed by atoms with van der Waals surface area (Å²) in [6, 6.07) is 6.30. The molecule has 3 unspecified atom stereocenters. The lowest BCUT2D eigenvalue weighted by Gasteiger charge is -2.40. The minimum Gasteiger partial charge on any atom is -0.465 e. The molecule has 0 saturated carbocycles. The number of halogens is 1. The topological polar surface area (TPSA) is 87.1 Å². The molecule has 36 heavy (non-hydrogen) atoms. The standard InChI is InChI=1S/C27H33ClN2O5S/c1-4-6-15-35-26(34)21-20-16-17(3)27(36-20)22(21)24(32)30(13-9-14-31)23(27)25(33)29(12-5-2)19-11-8-7-10-18(19)28/h4-5,7-8,10-11,17,20-23,31H,1-2,6,9,12-16H2,3H3/t17?,20-,21+,22+,23?,27?/m1/s1. The number of aliphatic hydroxyl groups is 1. The predicted octanol–water partition coefficient (Wildman–Crippen LogP) is 3.70. The number of fused-ring (bicyclic) bond motifs is 1. The Morgan fingerprint density at radius 3 is 2.75 bits per heavy atom. The zero-order valence-electron chi connectivity index (χ0n) is 20.5. The van der Waals surface area contributed by atoms with Gasteiger partial charge >= 0.3 is 5.97 Å². The van der Waals surface area contributed by atoms with Crippen LogP contribution in [0.5, 0.6) is 0 Å². The first-order valence-corrected chi connectivity index (χ1v) is 13.6. The van der Waals surface area contributed by atoms with Crippen LogP contribution in [-0.2, 0) is 19.1 Å². The van der Waals surface area contributed by atoms with Crippen molar-refractivity contribution in [2.75, 3.05) is 31.2 Å². The number of carbonyl (C=O) groups excluding carboxylic acids is 3. The van der Waals surface area contributed by atoms with E-state index in [9.17, 15) is 19.5 Å². The second kappa shape index (κ2) is 11.0. The van der Waals surface area contributed by atoms with Crippen molar-refractivity contribution in [2.24, 2.45) is 17.8 Å². The molecule has 3 aliphatic rings. The van der Waals surface area contributed by atoms with Gasteiger partial charge in [0.15, 0.2) is 0 Å². The van der Waals surface area contributed by atoms with E-state index in [0.717, 1.165) is 6.42 Å². The number of hydrogen-bond acceptors (Lipinski definition) is 6. The van der Waals surface area contributed by atoms with Crippen molar-refractivity contribution < 1.29 is 24.2 Å². The Balaban J connectivity index is 1.76. The van der Waals surface area contributed by atoms with Crippen LogP contribution in [0.15, 0.2) is 49.6 Å². The maximum Gasteiger partial charge on any atom is 0.310 e. The van der Waals surface area contributed by atoms with Crippen LogP contribution in [0.4, 0.5) is 5.69 Å². The highest BCUT2D eigenvalue weighted by Gasteiger charge is 2.76. The summed E-state index contributed by atoms with van der Waals surface area (Å²) in [5.74, 6) is -2.08. The Morgan fingerprint density at radius 1 is 1.33 bits per heavy atom. The fourth-order valence-electron chi connectivity index (χ4n) is 6.14. The van der Waals surface area contributed by atoms with E-state index in [0.29, 0.717) is 23.6 Å². The second-order valence-corrected chi connectivity index (χ2v) is 11.6. The molecule has 2 bridgehead atoms. The molecule has 3 aliphatic heterocycles. The average Bonchev–Trinajstić information content (AvgIpc) is 3.45. The molecule has 1 aromatic carbocycles. The molecule has 1 aromatic rings. The number of benzene rings is 1. The fourth-order valence-corrected chi connectivity index (χ4v) is 8.78. The summed E-state index contributed by atoms with van der Waals surface area (Å²) in [4.78, 5) is 44.7. The average molecular weight is 533 g/mol. The van der Waals surface area contributed by atoms with E-state index in [-0.39, 0.29) is 55.3 Å². The van der Waals surface area contributed by atoms with E-state index in [4.69, 9.17) is 16.3 Å². The van der Waals surface area contributed by atoms with E-state index in [1.165, 1.54) is 0 Å². The minimum atomic E-state index is -0.797. The maximum atomic E-state index is 14.4. The summed E-state index contributed by atoms with van der Waals surface area (Å²) < 4.78 is 4.76. The van der Waals surface area contributed by atoms with E-state index < -0.39 is 22.6 Å². The van der Waals surface area contributed by atoms with Crippen molar-refractivity contribution in [1.29, 1.82) is 0 Å². The van der Waals surface area contributed by atoms with Gasteiger partial charge in [0.05, 0.1) is 33.9 Å². The number of likely N-dealkylation sites (tertiary alicyclic amines) is 1. The quantitative estimate of drug-likeness (QED) is 0.266. The molecule has 194 valence electrons. The Morgan fingerprint density at radius 2 is 2.08 bits per heavy atom. The van der Waals surface area contributed by atoms with Crippen LogP contribution < -0.4 is 4.90 Å². The Bertz CT molecular complexity index is 1050. The third kappa shape index (κ3) is 4.27. The largest absolute Gasteiger partial charge is 0.465 e. The molecule has 2 amide bonds. The summed E-state index contributed by atoms with van der Waals surface area (Å²) in [5.41, 5.74) is 0.545. The SMILES string of the molecule is C=CCCOC(=O)[C@@H]1[C@H]2C(=O)N(CCCO)C(C(=O)N(CC=C)c3ccccc3Cl)C23S[C@@H]1CC3C. The van der Waals surface area contributed by atoms with Crippen molar-refractivity contribution in [1.82, 2.24) is 4.90 Å². The number of thioether (sulfide) groups is 1. The van der Waals surface area contributed by atoms with Gasteiger partial charge in [-0.15, -0.1) is 24.9 Å². The number of amides is 2. The van der Waals surface area contributed by atoms with Gasteiger partial charge in [-0.1, -0.05) is 42.8 Å². The summed E-state index contributed by atoms with van der Waals surface area (Å²) in [7, 11) is 0. The highest BCUT2D eigenvalue weighted by Crippen LogP contribution is 2.68. The molecule has 3 saturated heterocycles. The second-order valence-electron chi connectivity index (χ2n) is 9.60. The summed E-state index contributed by atoms with van der Waals surface area (Å²) in [6.45, 7) is 10.1. The lowest BCUT2D eigenvalue weighted by molar-refractivity contribution is -0.154. The zero-order valence-corrected chi connectivity index (χ0v) is 22.0. The van der Waals surface area contributed by atoms with Gasteiger partial charge in [-0.05, 0) is 37.3 Å². The third-order valence-electron chi connectivity index (χ3n) is 7.60.